The summed E-state index contributed by atoms with van der Waals surface area (Å²) < 4.78 is 86.1. The first-order valence-corrected chi connectivity index (χ1v) is 5.21. The number of alkyl halides is 7. The molecule has 0 aliphatic carbocycles. The Morgan fingerprint density at radius 2 is 1.59 bits per heavy atom. The second-order valence-corrected chi connectivity index (χ2v) is 3.83. The fourth-order valence-electron chi connectivity index (χ4n) is 0.603. The first kappa shape index (κ1) is 16.3. The zero-order valence-electron chi connectivity index (χ0n) is 8.38. The Morgan fingerprint density at radius 1 is 1.12 bits per heavy atom. The number of halogens is 7. The van der Waals surface area contributed by atoms with E-state index in [4.69, 9.17) is 0 Å². The molecule has 0 fully saturated rings. The molecule has 0 radical (unpaired) electrons. The molecule has 0 aliphatic heterocycles. The van der Waals surface area contributed by atoms with Crippen molar-refractivity contribution in [2.75, 3.05) is 5.75 Å². The lowest BCUT2D eigenvalue weighted by atomic mass is 10.1. The average molecular weight is 287 g/mol. The van der Waals surface area contributed by atoms with Crippen LogP contribution >= 0.6 is 11.9 Å². The van der Waals surface area contributed by atoms with Gasteiger partial charge < -0.3 is 0 Å². The molecule has 0 atom stereocenters. The predicted molar refractivity (Wildman–Crippen MR) is 46.8 cm³/mol. The van der Waals surface area contributed by atoms with Gasteiger partial charge in [0.05, 0.1) is 0 Å². The highest BCUT2D eigenvalue weighted by molar-refractivity contribution is 7.97. The maximum Gasteiger partial charge on any atom is 0.460 e. The van der Waals surface area contributed by atoms with Gasteiger partial charge in [-0.15, -0.1) is 0 Å². The summed E-state index contributed by atoms with van der Waals surface area (Å²) in [6.45, 7) is 1.60. The molecule has 10 heteroatoms. The van der Waals surface area contributed by atoms with E-state index in [0.717, 1.165) is 0 Å². The third kappa shape index (κ3) is 3.39. The highest BCUT2D eigenvalue weighted by Gasteiger charge is 2.76. The Labute approximate surface area is 96.1 Å². The van der Waals surface area contributed by atoms with Crippen LogP contribution in [-0.2, 0) is 4.79 Å². The monoisotopic (exact) mass is 287 g/mol. The summed E-state index contributed by atoms with van der Waals surface area (Å²) in [5.41, 5.74) is 0. The quantitative estimate of drug-likeness (QED) is 0.478. The molecule has 0 heterocycles. The highest BCUT2D eigenvalue weighted by atomic mass is 32.2. The molecular weight excluding hydrogens is 279 g/mol. The van der Waals surface area contributed by atoms with Crippen molar-refractivity contribution in [1.82, 2.24) is 4.72 Å². The van der Waals surface area contributed by atoms with Gasteiger partial charge in [-0.2, -0.15) is 30.7 Å². The van der Waals surface area contributed by atoms with Gasteiger partial charge in [0.1, 0.15) is 0 Å². The first-order valence-electron chi connectivity index (χ1n) is 4.23. The normalized spacial score (nSPS) is 13.6. The van der Waals surface area contributed by atoms with Gasteiger partial charge in [0.25, 0.3) is 0 Å². The van der Waals surface area contributed by atoms with Crippen molar-refractivity contribution in [1.29, 1.82) is 0 Å². The molecule has 0 rings (SSSR count). The van der Waals surface area contributed by atoms with Crippen LogP contribution in [0.4, 0.5) is 30.7 Å². The van der Waals surface area contributed by atoms with E-state index in [2.05, 4.69) is 0 Å². The van der Waals surface area contributed by atoms with E-state index in [9.17, 15) is 35.5 Å². The molecule has 2 nitrogen and oxygen atoms in total. The molecule has 102 valence electrons. The number of nitrogens with one attached hydrogen (secondary N) is 1. The second-order valence-electron chi connectivity index (χ2n) is 2.93. The minimum Gasteiger partial charge on any atom is -0.295 e. The molecule has 0 aromatic rings. The van der Waals surface area contributed by atoms with E-state index < -0.39 is 23.9 Å². The van der Waals surface area contributed by atoms with Crippen molar-refractivity contribution < 1.29 is 35.5 Å². The first-order chi connectivity index (χ1) is 7.48. The summed E-state index contributed by atoms with van der Waals surface area (Å²) in [6, 6.07) is 0. The van der Waals surface area contributed by atoms with Gasteiger partial charge in [0.2, 0.25) is 0 Å². The Bertz CT molecular complexity index is 278. The minimum absolute atomic E-state index is 0.111. The van der Waals surface area contributed by atoms with E-state index in [1.165, 1.54) is 4.72 Å². The summed E-state index contributed by atoms with van der Waals surface area (Å²) in [5, 5.41) is 0. The largest absolute Gasteiger partial charge is 0.460 e. The smallest absolute Gasteiger partial charge is 0.295 e. The summed E-state index contributed by atoms with van der Waals surface area (Å²) in [6.07, 6.45) is -6.07. The molecule has 1 N–H and O–H groups in total. The number of carbonyl (C=O) groups is 1. The van der Waals surface area contributed by atoms with Gasteiger partial charge in [-0.1, -0.05) is 18.9 Å². The third-order valence-electron chi connectivity index (χ3n) is 1.51. The maximum atomic E-state index is 12.6. The van der Waals surface area contributed by atoms with Crippen molar-refractivity contribution in [3.8, 4) is 0 Å². The molecule has 0 spiro atoms. The molecule has 0 aromatic heterocycles. The van der Waals surface area contributed by atoms with E-state index >= 15 is 0 Å². The molecule has 1 amide bonds. The molecule has 0 saturated heterocycles. The van der Waals surface area contributed by atoms with Gasteiger partial charge in [-0.25, -0.2) is 0 Å². The van der Waals surface area contributed by atoms with E-state index in [0.29, 0.717) is 18.4 Å². The average Bonchev–Trinajstić information content (AvgIpc) is 2.15. The van der Waals surface area contributed by atoms with Crippen LogP contribution in [0.1, 0.15) is 13.3 Å². The third-order valence-corrected chi connectivity index (χ3v) is 2.45. The van der Waals surface area contributed by atoms with Gasteiger partial charge in [-0.05, 0) is 6.42 Å². The van der Waals surface area contributed by atoms with Crippen LogP contribution in [0.5, 0.6) is 0 Å². The predicted octanol–water partition coefficient (Wildman–Crippen LogP) is 2.99. The Hall–Kier alpha value is -0.670. The Balaban J connectivity index is 4.82. The molecule has 0 aliphatic rings. The van der Waals surface area contributed by atoms with E-state index in [1.807, 2.05) is 0 Å². The molecule has 0 saturated carbocycles. The van der Waals surface area contributed by atoms with Crippen LogP contribution < -0.4 is 4.72 Å². The highest BCUT2D eigenvalue weighted by Crippen LogP contribution is 2.46. The zero-order valence-corrected chi connectivity index (χ0v) is 9.19. The number of hydrogen-bond donors (Lipinski definition) is 1. The van der Waals surface area contributed by atoms with Crippen LogP contribution in [0.3, 0.4) is 0 Å². The van der Waals surface area contributed by atoms with Crippen molar-refractivity contribution in [3.63, 3.8) is 0 Å². The van der Waals surface area contributed by atoms with Crippen molar-refractivity contribution in [2.24, 2.45) is 0 Å². The molecule has 0 unspecified atom stereocenters. The fraction of sp³-hybridized carbons (Fsp3) is 0.857. The maximum absolute atomic E-state index is 12.6. The van der Waals surface area contributed by atoms with Crippen LogP contribution in [0.2, 0.25) is 0 Å². The van der Waals surface area contributed by atoms with Crippen molar-refractivity contribution in [2.45, 2.75) is 31.4 Å². The summed E-state index contributed by atoms with van der Waals surface area (Å²) in [7, 11) is 0. The fourth-order valence-corrected chi connectivity index (χ4v) is 1.17. The van der Waals surface area contributed by atoms with Crippen LogP contribution in [0, 0.1) is 0 Å². The number of carbonyl (C=O) groups excluding carboxylic acids is 1. The Kier molecular flexibility index (Phi) is 5.11. The van der Waals surface area contributed by atoms with Gasteiger partial charge in [0, 0.05) is 5.75 Å². The molecular formula is C7H8F7NOS. The SMILES string of the molecule is CCCSNC(=O)C(F)(F)C(F)(F)C(F)(F)F. The van der Waals surface area contributed by atoms with Crippen molar-refractivity contribution >= 4 is 17.9 Å². The minimum atomic E-state index is -6.50. The van der Waals surface area contributed by atoms with Gasteiger partial charge in [0.15, 0.2) is 0 Å². The number of amides is 1. The molecule has 0 bridgehead atoms. The standard InChI is InChI=1S/C7H8F7NOS/c1-2-3-17-15-4(16)5(8,9)6(10,11)7(12,13)14/h2-3H2,1H3,(H,15,16). The topological polar surface area (TPSA) is 29.1 Å². The lowest BCUT2D eigenvalue weighted by molar-refractivity contribution is -0.343. The van der Waals surface area contributed by atoms with Crippen LogP contribution in [-0.4, -0.2) is 29.7 Å². The summed E-state index contributed by atoms with van der Waals surface area (Å²) >= 11 is 0.335. The van der Waals surface area contributed by atoms with Gasteiger partial charge in [-0.3, -0.25) is 9.52 Å². The van der Waals surface area contributed by atoms with Crippen LogP contribution in [0.15, 0.2) is 0 Å². The number of rotatable bonds is 5. The van der Waals surface area contributed by atoms with E-state index in [-0.39, 0.29) is 5.75 Å². The molecule has 17 heavy (non-hydrogen) atoms. The second kappa shape index (κ2) is 5.32. The summed E-state index contributed by atoms with van der Waals surface area (Å²) in [5.74, 6) is -14.8. The lowest BCUT2D eigenvalue weighted by Gasteiger charge is -2.26. The van der Waals surface area contributed by atoms with E-state index in [1.54, 1.807) is 6.92 Å². The summed E-state index contributed by atoms with van der Waals surface area (Å²) in [4.78, 5) is 10.6. The zero-order chi connectivity index (χ0) is 13.9. The Morgan fingerprint density at radius 3 is 1.94 bits per heavy atom. The van der Waals surface area contributed by atoms with Gasteiger partial charge >= 0.3 is 23.9 Å². The van der Waals surface area contributed by atoms with Crippen molar-refractivity contribution in [3.05, 3.63) is 0 Å². The van der Waals surface area contributed by atoms with Crippen LogP contribution in [0.25, 0.3) is 0 Å². The lowest BCUT2D eigenvalue weighted by Crippen LogP contribution is -2.58. The number of hydrogen-bond acceptors (Lipinski definition) is 2. The molecule has 0 aromatic carbocycles.